The van der Waals surface area contributed by atoms with Crippen LogP contribution in [0.5, 0.6) is 5.75 Å². The average molecular weight is 354 g/mol. The molecule has 0 bridgehead atoms. The number of anilines is 2. The van der Waals surface area contributed by atoms with Crippen molar-refractivity contribution in [2.24, 2.45) is 0 Å². The Balaban J connectivity index is 1.99. The summed E-state index contributed by atoms with van der Waals surface area (Å²) < 4.78 is 5.15. The predicted molar refractivity (Wildman–Crippen MR) is 105 cm³/mol. The lowest BCUT2D eigenvalue weighted by atomic mass is 10.0. The first kappa shape index (κ1) is 19.5. The molecule has 0 aromatic heterocycles. The van der Waals surface area contributed by atoms with Gasteiger partial charge in [0.2, 0.25) is 11.8 Å². The Hall–Kier alpha value is -2.82. The lowest BCUT2D eigenvalue weighted by Crippen LogP contribution is -2.31. The Morgan fingerprint density at radius 2 is 1.81 bits per heavy atom. The fourth-order valence-electron chi connectivity index (χ4n) is 2.65. The molecule has 0 fully saturated rings. The number of ether oxygens (including phenoxy) is 1. The molecular formula is C21H26N2O3. The first-order chi connectivity index (χ1) is 12.4. The van der Waals surface area contributed by atoms with Crippen molar-refractivity contribution in [3.63, 3.8) is 0 Å². The maximum atomic E-state index is 12.2. The van der Waals surface area contributed by atoms with Crippen LogP contribution in [0.4, 0.5) is 11.4 Å². The van der Waals surface area contributed by atoms with Gasteiger partial charge in [0, 0.05) is 37.3 Å². The van der Waals surface area contributed by atoms with E-state index in [0.717, 1.165) is 5.69 Å². The highest BCUT2D eigenvalue weighted by atomic mass is 16.5. The zero-order chi connectivity index (χ0) is 19.1. The SMILES string of the molecule is COc1cccc(NC(=O)CCN(C(C)=O)c2ccc(C(C)C)cc2)c1. The van der Waals surface area contributed by atoms with Gasteiger partial charge in [0.1, 0.15) is 5.75 Å². The Labute approximate surface area is 155 Å². The molecule has 2 aromatic rings. The number of nitrogens with zero attached hydrogens (tertiary/aromatic N) is 1. The van der Waals surface area contributed by atoms with Crippen LogP contribution in [0.25, 0.3) is 0 Å². The van der Waals surface area contributed by atoms with Gasteiger partial charge >= 0.3 is 0 Å². The van der Waals surface area contributed by atoms with Crippen molar-refractivity contribution < 1.29 is 14.3 Å². The zero-order valence-electron chi connectivity index (χ0n) is 15.8. The number of carbonyl (C=O) groups is 2. The van der Waals surface area contributed by atoms with Crippen molar-refractivity contribution in [1.82, 2.24) is 0 Å². The molecule has 0 heterocycles. The maximum absolute atomic E-state index is 12.2. The van der Waals surface area contributed by atoms with E-state index in [1.807, 2.05) is 36.4 Å². The van der Waals surface area contributed by atoms with Crippen LogP contribution in [0, 0.1) is 0 Å². The number of nitrogens with one attached hydrogen (secondary N) is 1. The molecular weight excluding hydrogens is 328 g/mol. The molecule has 138 valence electrons. The summed E-state index contributed by atoms with van der Waals surface area (Å²) in [7, 11) is 1.58. The Kier molecular flexibility index (Phi) is 6.78. The van der Waals surface area contributed by atoms with E-state index in [1.165, 1.54) is 12.5 Å². The number of carbonyl (C=O) groups excluding carboxylic acids is 2. The highest BCUT2D eigenvalue weighted by Gasteiger charge is 2.14. The molecule has 5 heteroatoms. The van der Waals surface area contributed by atoms with Crippen LogP contribution in [0.15, 0.2) is 48.5 Å². The second-order valence-corrected chi connectivity index (χ2v) is 6.45. The molecule has 0 saturated heterocycles. The Bertz CT molecular complexity index is 754. The molecule has 0 radical (unpaired) electrons. The summed E-state index contributed by atoms with van der Waals surface area (Å²) in [5.41, 5.74) is 2.69. The monoisotopic (exact) mass is 354 g/mol. The van der Waals surface area contributed by atoms with Crippen molar-refractivity contribution >= 4 is 23.2 Å². The summed E-state index contributed by atoms with van der Waals surface area (Å²) in [5, 5.41) is 2.83. The van der Waals surface area contributed by atoms with Gasteiger partial charge < -0.3 is 15.0 Å². The summed E-state index contributed by atoms with van der Waals surface area (Å²) in [5.74, 6) is 0.877. The molecule has 0 saturated carbocycles. The van der Waals surface area contributed by atoms with E-state index in [4.69, 9.17) is 4.74 Å². The van der Waals surface area contributed by atoms with Gasteiger partial charge in [-0.1, -0.05) is 32.0 Å². The first-order valence-electron chi connectivity index (χ1n) is 8.72. The smallest absolute Gasteiger partial charge is 0.226 e. The molecule has 2 rings (SSSR count). The van der Waals surface area contributed by atoms with Crippen LogP contribution in [-0.4, -0.2) is 25.5 Å². The van der Waals surface area contributed by atoms with E-state index in [0.29, 0.717) is 23.9 Å². The first-order valence-corrected chi connectivity index (χ1v) is 8.72. The highest BCUT2D eigenvalue weighted by molar-refractivity contribution is 5.94. The molecule has 5 nitrogen and oxygen atoms in total. The molecule has 0 atom stereocenters. The van der Waals surface area contributed by atoms with Crippen molar-refractivity contribution in [1.29, 1.82) is 0 Å². The van der Waals surface area contributed by atoms with Crippen LogP contribution in [0.2, 0.25) is 0 Å². The summed E-state index contributed by atoms with van der Waals surface area (Å²) in [6.45, 7) is 6.09. The van der Waals surface area contributed by atoms with Gasteiger partial charge in [0.05, 0.1) is 7.11 Å². The minimum atomic E-state index is -0.150. The fraction of sp³-hybridized carbons (Fsp3) is 0.333. The van der Waals surface area contributed by atoms with Gasteiger partial charge in [-0.2, -0.15) is 0 Å². The van der Waals surface area contributed by atoms with E-state index in [9.17, 15) is 9.59 Å². The predicted octanol–water partition coefficient (Wildman–Crippen LogP) is 4.20. The molecule has 1 N–H and O–H groups in total. The van der Waals surface area contributed by atoms with Crippen LogP contribution in [0.3, 0.4) is 0 Å². The number of amides is 2. The number of hydrogen-bond acceptors (Lipinski definition) is 3. The van der Waals surface area contributed by atoms with Crippen LogP contribution in [0.1, 0.15) is 38.7 Å². The molecule has 0 aliphatic rings. The van der Waals surface area contributed by atoms with Gasteiger partial charge in [-0.05, 0) is 35.7 Å². The minimum absolute atomic E-state index is 0.0866. The molecule has 0 aliphatic carbocycles. The molecule has 0 aliphatic heterocycles. The van der Waals surface area contributed by atoms with Crippen molar-refractivity contribution in [3.8, 4) is 5.75 Å². The molecule has 2 amide bonds. The second kappa shape index (κ2) is 9.04. The molecule has 0 spiro atoms. The summed E-state index contributed by atoms with van der Waals surface area (Å²) in [6, 6.07) is 15.1. The van der Waals surface area contributed by atoms with Gasteiger partial charge in [-0.25, -0.2) is 0 Å². The normalized spacial score (nSPS) is 10.5. The topological polar surface area (TPSA) is 58.6 Å². The third-order valence-electron chi connectivity index (χ3n) is 4.17. The van der Waals surface area contributed by atoms with E-state index >= 15 is 0 Å². The maximum Gasteiger partial charge on any atom is 0.226 e. The second-order valence-electron chi connectivity index (χ2n) is 6.45. The van der Waals surface area contributed by atoms with E-state index in [2.05, 4.69) is 19.2 Å². The van der Waals surface area contributed by atoms with Gasteiger partial charge in [-0.15, -0.1) is 0 Å². The average Bonchev–Trinajstić information content (AvgIpc) is 2.62. The lowest BCUT2D eigenvalue weighted by Gasteiger charge is -2.21. The van der Waals surface area contributed by atoms with Crippen LogP contribution < -0.4 is 15.0 Å². The quantitative estimate of drug-likeness (QED) is 0.811. The third-order valence-corrected chi connectivity index (χ3v) is 4.17. The standard InChI is InChI=1S/C21H26N2O3/c1-15(2)17-8-10-19(11-9-17)23(16(3)24)13-12-21(25)22-18-6-5-7-20(14-18)26-4/h5-11,14-15H,12-13H2,1-4H3,(H,22,25). The number of methoxy groups -OCH3 is 1. The van der Waals surface area contributed by atoms with Gasteiger partial charge in [0.25, 0.3) is 0 Å². The fourth-order valence-corrected chi connectivity index (χ4v) is 2.65. The number of benzene rings is 2. The molecule has 2 aromatic carbocycles. The zero-order valence-corrected chi connectivity index (χ0v) is 15.8. The van der Waals surface area contributed by atoms with Crippen molar-refractivity contribution in [2.75, 3.05) is 23.9 Å². The van der Waals surface area contributed by atoms with Crippen LogP contribution >= 0.6 is 0 Å². The minimum Gasteiger partial charge on any atom is -0.497 e. The lowest BCUT2D eigenvalue weighted by molar-refractivity contribution is -0.117. The van der Waals surface area contributed by atoms with Crippen LogP contribution in [-0.2, 0) is 9.59 Å². The number of hydrogen-bond donors (Lipinski definition) is 1. The molecule has 0 unspecified atom stereocenters. The molecule has 26 heavy (non-hydrogen) atoms. The van der Waals surface area contributed by atoms with E-state index in [1.54, 1.807) is 24.1 Å². The Morgan fingerprint density at radius 3 is 2.38 bits per heavy atom. The Morgan fingerprint density at radius 1 is 1.12 bits per heavy atom. The largest absolute Gasteiger partial charge is 0.497 e. The highest BCUT2D eigenvalue weighted by Crippen LogP contribution is 2.21. The summed E-state index contributed by atoms with van der Waals surface area (Å²) >= 11 is 0. The van der Waals surface area contributed by atoms with Gasteiger partial charge in [0.15, 0.2) is 0 Å². The third kappa shape index (κ3) is 5.34. The van der Waals surface area contributed by atoms with E-state index < -0.39 is 0 Å². The van der Waals surface area contributed by atoms with Gasteiger partial charge in [-0.3, -0.25) is 9.59 Å². The van der Waals surface area contributed by atoms with Crippen molar-refractivity contribution in [3.05, 3.63) is 54.1 Å². The van der Waals surface area contributed by atoms with Crippen molar-refractivity contribution in [2.45, 2.75) is 33.1 Å². The summed E-state index contributed by atoms with van der Waals surface area (Å²) in [4.78, 5) is 25.8. The summed E-state index contributed by atoms with van der Waals surface area (Å²) in [6.07, 6.45) is 0.211. The number of rotatable bonds is 7. The van der Waals surface area contributed by atoms with E-state index in [-0.39, 0.29) is 18.2 Å².